The number of urea groups is 1. The maximum atomic E-state index is 12.8. The fraction of sp³-hybridized carbons (Fsp3) is 0.500. The number of carbonyl (C=O) groups is 2. The Morgan fingerprint density at radius 1 is 1.22 bits per heavy atom. The third-order valence-corrected chi connectivity index (χ3v) is 4.84. The molecule has 0 aliphatic carbocycles. The Morgan fingerprint density at radius 3 is 2.56 bits per heavy atom. The first-order valence-corrected chi connectivity index (χ1v) is 10.5. The van der Waals surface area contributed by atoms with Crippen LogP contribution in [0.3, 0.4) is 0 Å². The largest absolute Gasteiger partial charge is 0.444 e. The standard InChI is InChI=1S/C22H30N6O4/c1-14-17(28(22(5,6)31-14)20(30)32-21(2,3)4)13-23-19(29)26-18-25-16(12-24-27-18)15-10-8-7-9-11-15/h7-12,14,17H,13H2,1-6H3,(H2,23,25,26,27,29)/t14-,17+/m1/s1. The Kier molecular flexibility index (Phi) is 6.63. The second kappa shape index (κ2) is 9.07. The number of anilines is 1. The quantitative estimate of drug-likeness (QED) is 0.745. The van der Waals surface area contributed by atoms with E-state index in [0.29, 0.717) is 5.69 Å². The smallest absolute Gasteiger partial charge is 0.412 e. The molecule has 2 aromatic rings. The summed E-state index contributed by atoms with van der Waals surface area (Å²) < 4.78 is 11.5. The van der Waals surface area contributed by atoms with Crippen molar-refractivity contribution in [3.8, 4) is 11.3 Å². The lowest BCUT2D eigenvalue weighted by molar-refractivity contribution is -0.0756. The molecule has 32 heavy (non-hydrogen) atoms. The van der Waals surface area contributed by atoms with Gasteiger partial charge in [-0.05, 0) is 41.5 Å². The van der Waals surface area contributed by atoms with Gasteiger partial charge in [0.1, 0.15) is 11.3 Å². The Labute approximate surface area is 187 Å². The third-order valence-electron chi connectivity index (χ3n) is 4.84. The van der Waals surface area contributed by atoms with Crippen molar-refractivity contribution in [1.82, 2.24) is 25.4 Å². The zero-order chi connectivity index (χ0) is 23.5. The zero-order valence-corrected chi connectivity index (χ0v) is 19.2. The molecule has 10 nitrogen and oxygen atoms in total. The van der Waals surface area contributed by atoms with Crippen LogP contribution in [-0.2, 0) is 9.47 Å². The van der Waals surface area contributed by atoms with Gasteiger partial charge in [0, 0.05) is 12.1 Å². The predicted octanol–water partition coefficient (Wildman–Crippen LogP) is 3.42. The van der Waals surface area contributed by atoms with Gasteiger partial charge in [0.05, 0.1) is 24.0 Å². The Morgan fingerprint density at radius 2 is 1.91 bits per heavy atom. The van der Waals surface area contributed by atoms with Crippen LogP contribution in [0.2, 0.25) is 0 Å². The van der Waals surface area contributed by atoms with E-state index in [1.54, 1.807) is 34.6 Å². The average Bonchev–Trinajstić information content (AvgIpc) is 2.93. The summed E-state index contributed by atoms with van der Waals surface area (Å²) in [6.45, 7) is 11.0. The molecule has 1 saturated heterocycles. The number of benzene rings is 1. The molecule has 1 aromatic heterocycles. The highest BCUT2D eigenvalue weighted by molar-refractivity contribution is 5.87. The normalized spacial score (nSPS) is 20.0. The van der Waals surface area contributed by atoms with Crippen LogP contribution in [0, 0.1) is 0 Å². The summed E-state index contributed by atoms with van der Waals surface area (Å²) in [6.07, 6.45) is 0.718. The monoisotopic (exact) mass is 442 g/mol. The number of ether oxygens (including phenoxy) is 2. The summed E-state index contributed by atoms with van der Waals surface area (Å²) >= 11 is 0. The SMILES string of the molecule is C[C@H]1OC(C)(C)N(C(=O)OC(C)(C)C)[C@H]1CNC(=O)Nc1nncc(-c2ccccc2)n1. The van der Waals surface area contributed by atoms with Gasteiger partial charge < -0.3 is 14.8 Å². The maximum absolute atomic E-state index is 12.8. The van der Waals surface area contributed by atoms with Crippen LogP contribution >= 0.6 is 0 Å². The van der Waals surface area contributed by atoms with E-state index >= 15 is 0 Å². The van der Waals surface area contributed by atoms with Gasteiger partial charge >= 0.3 is 12.1 Å². The van der Waals surface area contributed by atoms with E-state index in [-0.39, 0.29) is 18.6 Å². The highest BCUT2D eigenvalue weighted by atomic mass is 16.6. The fourth-order valence-corrected chi connectivity index (χ4v) is 3.57. The molecular formula is C22H30N6O4. The highest BCUT2D eigenvalue weighted by Crippen LogP contribution is 2.33. The molecule has 2 heterocycles. The number of nitrogens with zero attached hydrogens (tertiary/aromatic N) is 4. The molecule has 3 rings (SSSR count). The molecule has 1 fully saturated rings. The molecule has 0 bridgehead atoms. The summed E-state index contributed by atoms with van der Waals surface area (Å²) in [7, 11) is 0. The van der Waals surface area contributed by atoms with E-state index in [1.165, 1.54) is 11.1 Å². The van der Waals surface area contributed by atoms with Crippen LogP contribution < -0.4 is 10.6 Å². The van der Waals surface area contributed by atoms with Crippen molar-refractivity contribution in [2.75, 3.05) is 11.9 Å². The van der Waals surface area contributed by atoms with Crippen molar-refractivity contribution in [2.45, 2.75) is 65.0 Å². The van der Waals surface area contributed by atoms with E-state index in [9.17, 15) is 9.59 Å². The molecule has 1 aliphatic rings. The number of amides is 3. The summed E-state index contributed by atoms with van der Waals surface area (Å²) in [5.74, 6) is 0.0731. The van der Waals surface area contributed by atoms with Crippen LogP contribution in [0.15, 0.2) is 36.5 Å². The molecule has 0 radical (unpaired) electrons. The second-order valence-corrected chi connectivity index (χ2v) is 9.05. The highest BCUT2D eigenvalue weighted by Gasteiger charge is 2.49. The average molecular weight is 443 g/mol. The van der Waals surface area contributed by atoms with Crippen LogP contribution in [0.4, 0.5) is 15.5 Å². The van der Waals surface area contributed by atoms with Gasteiger partial charge in [-0.3, -0.25) is 10.2 Å². The summed E-state index contributed by atoms with van der Waals surface area (Å²) in [5.41, 5.74) is -0.0750. The Balaban J connectivity index is 1.65. The van der Waals surface area contributed by atoms with E-state index < -0.39 is 29.5 Å². The van der Waals surface area contributed by atoms with Crippen LogP contribution in [0.25, 0.3) is 11.3 Å². The molecule has 0 saturated carbocycles. The van der Waals surface area contributed by atoms with Crippen molar-refractivity contribution >= 4 is 18.1 Å². The van der Waals surface area contributed by atoms with Crippen LogP contribution in [0.1, 0.15) is 41.5 Å². The Hall–Kier alpha value is -3.27. The van der Waals surface area contributed by atoms with Crippen LogP contribution in [0.5, 0.6) is 0 Å². The predicted molar refractivity (Wildman–Crippen MR) is 119 cm³/mol. The van der Waals surface area contributed by atoms with Gasteiger partial charge in [-0.25, -0.2) is 14.6 Å². The molecule has 1 aromatic carbocycles. The second-order valence-electron chi connectivity index (χ2n) is 9.05. The molecule has 0 spiro atoms. The first-order valence-electron chi connectivity index (χ1n) is 10.5. The van der Waals surface area contributed by atoms with Crippen molar-refractivity contribution < 1.29 is 19.1 Å². The van der Waals surface area contributed by atoms with Gasteiger partial charge in [-0.2, -0.15) is 5.10 Å². The minimum Gasteiger partial charge on any atom is -0.444 e. The lowest BCUT2D eigenvalue weighted by Gasteiger charge is -2.35. The molecule has 2 atom stereocenters. The zero-order valence-electron chi connectivity index (χ0n) is 19.2. The lowest BCUT2D eigenvalue weighted by atomic mass is 10.1. The molecule has 2 N–H and O–H groups in total. The number of rotatable bonds is 4. The number of nitrogens with one attached hydrogen (secondary N) is 2. The van der Waals surface area contributed by atoms with Gasteiger partial charge in [0.25, 0.3) is 5.95 Å². The first kappa shape index (κ1) is 23.4. The van der Waals surface area contributed by atoms with Gasteiger partial charge in [-0.1, -0.05) is 30.3 Å². The number of aromatic nitrogens is 3. The lowest BCUT2D eigenvalue weighted by Crippen LogP contribution is -2.53. The van der Waals surface area contributed by atoms with Gasteiger partial charge in [-0.15, -0.1) is 5.10 Å². The molecule has 172 valence electrons. The summed E-state index contributed by atoms with van der Waals surface area (Å²) in [4.78, 5) is 31.1. The molecule has 3 amide bonds. The topological polar surface area (TPSA) is 119 Å². The summed E-state index contributed by atoms with van der Waals surface area (Å²) in [5, 5.41) is 13.1. The van der Waals surface area contributed by atoms with Crippen molar-refractivity contribution in [2.24, 2.45) is 0 Å². The minimum absolute atomic E-state index is 0.0731. The van der Waals surface area contributed by atoms with E-state index in [4.69, 9.17) is 9.47 Å². The van der Waals surface area contributed by atoms with Crippen molar-refractivity contribution in [3.05, 3.63) is 36.5 Å². The van der Waals surface area contributed by atoms with E-state index in [0.717, 1.165) is 5.56 Å². The molecule has 10 heteroatoms. The molecule has 1 aliphatic heterocycles. The Bertz CT molecular complexity index is 960. The fourth-order valence-electron chi connectivity index (χ4n) is 3.57. The third kappa shape index (κ3) is 5.70. The number of carbonyl (C=O) groups excluding carboxylic acids is 2. The summed E-state index contributed by atoms with van der Waals surface area (Å²) in [6, 6.07) is 8.53. The number of hydrogen-bond acceptors (Lipinski definition) is 7. The van der Waals surface area contributed by atoms with E-state index in [1.807, 2.05) is 37.3 Å². The van der Waals surface area contributed by atoms with Crippen molar-refractivity contribution in [3.63, 3.8) is 0 Å². The van der Waals surface area contributed by atoms with Gasteiger partial charge in [0.2, 0.25) is 0 Å². The molecule has 0 unspecified atom stereocenters. The first-order chi connectivity index (χ1) is 15.0. The number of hydrogen-bond donors (Lipinski definition) is 2. The van der Waals surface area contributed by atoms with E-state index in [2.05, 4.69) is 25.8 Å². The maximum Gasteiger partial charge on any atom is 0.412 e. The van der Waals surface area contributed by atoms with Crippen LogP contribution in [-0.4, -0.2) is 62.2 Å². The van der Waals surface area contributed by atoms with Gasteiger partial charge in [0.15, 0.2) is 0 Å². The molecular weight excluding hydrogens is 412 g/mol. The minimum atomic E-state index is -0.873. The van der Waals surface area contributed by atoms with Crippen molar-refractivity contribution in [1.29, 1.82) is 0 Å².